The number of halogens is 3. The Morgan fingerprint density at radius 2 is 1.90 bits per heavy atom. The van der Waals surface area contributed by atoms with E-state index in [0.29, 0.717) is 24.1 Å². The van der Waals surface area contributed by atoms with Crippen LogP contribution >= 0.6 is 0 Å². The van der Waals surface area contributed by atoms with E-state index in [0.717, 1.165) is 23.1 Å². The normalized spacial score (nSPS) is 12.2. The molecule has 31 heavy (non-hydrogen) atoms. The van der Waals surface area contributed by atoms with Crippen LogP contribution in [-0.2, 0) is 17.3 Å². The number of benzene rings is 2. The molecule has 0 atom stereocenters. The van der Waals surface area contributed by atoms with Crippen molar-refractivity contribution in [2.75, 3.05) is 11.9 Å². The summed E-state index contributed by atoms with van der Waals surface area (Å²) in [5.74, 6) is 0. The molecule has 0 saturated carbocycles. The van der Waals surface area contributed by atoms with Gasteiger partial charge in [0.15, 0.2) is 0 Å². The van der Waals surface area contributed by atoms with Crippen molar-refractivity contribution in [2.45, 2.75) is 39.0 Å². The summed E-state index contributed by atoms with van der Waals surface area (Å²) in [4.78, 5) is 13.0. The van der Waals surface area contributed by atoms with Gasteiger partial charge >= 0.3 is 12.2 Å². The van der Waals surface area contributed by atoms with Gasteiger partial charge in [0.1, 0.15) is 0 Å². The monoisotopic (exact) mass is 430 g/mol. The smallest absolute Gasteiger partial charge is 0.371 e. The number of hydrogen-bond acceptors (Lipinski definition) is 2. The Labute approximate surface area is 179 Å². The van der Waals surface area contributed by atoms with E-state index >= 15 is 0 Å². The Hall–Kier alpha value is -3.06. The van der Waals surface area contributed by atoms with Crippen molar-refractivity contribution in [3.05, 3.63) is 78.0 Å². The number of amides is 1. The summed E-state index contributed by atoms with van der Waals surface area (Å²) in [6, 6.07) is 10.3. The molecule has 7 heteroatoms. The summed E-state index contributed by atoms with van der Waals surface area (Å²) >= 11 is 0. The minimum absolute atomic E-state index is 0.0892. The number of aryl methyl sites for hydroxylation is 1. The van der Waals surface area contributed by atoms with Crippen LogP contribution < -0.4 is 5.32 Å². The molecule has 1 amide bonds. The van der Waals surface area contributed by atoms with Crippen LogP contribution in [-0.4, -0.2) is 22.8 Å². The third-order valence-corrected chi connectivity index (χ3v) is 4.88. The third-order valence-electron chi connectivity index (χ3n) is 4.88. The Balaban J connectivity index is 1.94. The second-order valence-corrected chi connectivity index (χ2v) is 8.09. The highest BCUT2D eigenvalue weighted by molar-refractivity contribution is 5.99. The molecule has 0 aliphatic heterocycles. The number of carbonyl (C=O) groups is 1. The van der Waals surface area contributed by atoms with Crippen LogP contribution in [0.4, 0.5) is 23.7 Å². The van der Waals surface area contributed by atoms with Crippen LogP contribution in [0.25, 0.3) is 10.9 Å². The molecule has 164 valence electrons. The number of carbonyl (C=O) groups excluding carboxylic acids is 1. The quantitative estimate of drug-likeness (QED) is 0.449. The van der Waals surface area contributed by atoms with Crippen LogP contribution in [0.1, 0.15) is 30.5 Å². The van der Waals surface area contributed by atoms with Crippen LogP contribution in [0.15, 0.2) is 61.3 Å². The lowest BCUT2D eigenvalue weighted by atomic mass is 9.98. The summed E-state index contributed by atoms with van der Waals surface area (Å²) in [5.41, 5.74) is 0.772. The van der Waals surface area contributed by atoms with Gasteiger partial charge in [-0.15, -0.1) is 6.58 Å². The lowest BCUT2D eigenvalue weighted by Gasteiger charge is -2.24. The molecule has 3 rings (SSSR count). The largest absolute Gasteiger partial charge is 0.416 e. The van der Waals surface area contributed by atoms with Gasteiger partial charge in [-0.1, -0.05) is 24.3 Å². The minimum atomic E-state index is -4.49. The number of fused-ring (bicyclic) bond motifs is 1. The predicted octanol–water partition coefficient (Wildman–Crippen LogP) is 6.57. The standard InChI is InChI=1S/C24H25F3N2O2/c1-5-10-31-23(3,4)14-17-15-29(21-9-7-6-8-20(17)21)22(30)28-19-12-16(2)11-18(13-19)24(25,26)27/h5-9,11-13,15H,1,10,14H2,2-4H3,(H,28,30). The lowest BCUT2D eigenvalue weighted by molar-refractivity contribution is -0.137. The molecule has 2 aromatic carbocycles. The molecule has 1 aromatic heterocycles. The zero-order chi connectivity index (χ0) is 22.8. The highest BCUT2D eigenvalue weighted by atomic mass is 19.4. The number of nitrogens with one attached hydrogen (secondary N) is 1. The van der Waals surface area contributed by atoms with Gasteiger partial charge in [-0.3, -0.25) is 4.57 Å². The maximum atomic E-state index is 13.1. The molecule has 0 bridgehead atoms. The first kappa shape index (κ1) is 22.6. The minimum Gasteiger partial charge on any atom is -0.371 e. The summed E-state index contributed by atoms with van der Waals surface area (Å²) in [7, 11) is 0. The van der Waals surface area contributed by atoms with Gasteiger partial charge in [0.2, 0.25) is 0 Å². The third kappa shape index (κ3) is 5.35. The molecule has 1 N–H and O–H groups in total. The average Bonchev–Trinajstić information content (AvgIpc) is 3.03. The maximum absolute atomic E-state index is 13.1. The van der Waals surface area contributed by atoms with Crippen LogP contribution in [0.2, 0.25) is 0 Å². The van der Waals surface area contributed by atoms with E-state index < -0.39 is 23.4 Å². The lowest BCUT2D eigenvalue weighted by Crippen LogP contribution is -2.27. The summed E-state index contributed by atoms with van der Waals surface area (Å²) in [6.45, 7) is 9.53. The molecule has 0 spiro atoms. The first-order valence-corrected chi connectivity index (χ1v) is 9.84. The van der Waals surface area contributed by atoms with Gasteiger partial charge in [0, 0.05) is 23.7 Å². The van der Waals surface area contributed by atoms with Crippen LogP contribution in [0.5, 0.6) is 0 Å². The molecular weight excluding hydrogens is 405 g/mol. The average molecular weight is 430 g/mol. The van der Waals surface area contributed by atoms with Crippen molar-refractivity contribution in [3.63, 3.8) is 0 Å². The fourth-order valence-electron chi connectivity index (χ4n) is 3.56. The van der Waals surface area contributed by atoms with E-state index in [1.165, 1.54) is 10.6 Å². The zero-order valence-corrected chi connectivity index (χ0v) is 17.7. The second kappa shape index (κ2) is 8.59. The fourth-order valence-corrected chi connectivity index (χ4v) is 3.56. The first-order valence-electron chi connectivity index (χ1n) is 9.84. The van der Waals surface area contributed by atoms with Crippen molar-refractivity contribution < 1.29 is 22.7 Å². The summed E-state index contributed by atoms with van der Waals surface area (Å²) < 4.78 is 46.6. The summed E-state index contributed by atoms with van der Waals surface area (Å²) in [5, 5.41) is 3.48. The fraction of sp³-hybridized carbons (Fsp3) is 0.292. The van der Waals surface area contributed by atoms with Crippen LogP contribution in [0.3, 0.4) is 0 Å². The summed E-state index contributed by atoms with van der Waals surface area (Å²) in [6.07, 6.45) is -0.560. The van der Waals surface area contributed by atoms with Crippen molar-refractivity contribution in [1.29, 1.82) is 0 Å². The molecule has 0 fully saturated rings. The number of hydrogen-bond donors (Lipinski definition) is 1. The van der Waals surface area contributed by atoms with Gasteiger partial charge in [-0.25, -0.2) is 4.79 Å². The number of anilines is 1. The van der Waals surface area contributed by atoms with E-state index in [2.05, 4.69) is 11.9 Å². The molecule has 1 heterocycles. The van der Waals surface area contributed by atoms with Crippen molar-refractivity contribution in [1.82, 2.24) is 4.57 Å². The highest BCUT2D eigenvalue weighted by Crippen LogP contribution is 2.32. The van der Waals surface area contributed by atoms with E-state index in [9.17, 15) is 18.0 Å². The van der Waals surface area contributed by atoms with Gasteiger partial charge in [-0.2, -0.15) is 13.2 Å². The molecule has 0 aliphatic rings. The molecule has 3 aromatic rings. The molecule has 0 radical (unpaired) electrons. The number of ether oxygens (including phenoxy) is 1. The Morgan fingerprint density at radius 3 is 2.58 bits per heavy atom. The Bertz CT molecular complexity index is 1110. The number of aromatic nitrogens is 1. The van der Waals surface area contributed by atoms with Gasteiger partial charge < -0.3 is 10.1 Å². The van der Waals surface area contributed by atoms with Gasteiger partial charge in [0.05, 0.1) is 23.3 Å². The van der Waals surface area contributed by atoms with Crippen molar-refractivity contribution in [3.8, 4) is 0 Å². The first-order chi connectivity index (χ1) is 14.5. The molecule has 0 saturated heterocycles. The van der Waals surface area contributed by atoms with Crippen molar-refractivity contribution in [2.24, 2.45) is 0 Å². The highest BCUT2D eigenvalue weighted by Gasteiger charge is 2.31. The number of alkyl halides is 3. The Kier molecular flexibility index (Phi) is 6.27. The van der Waals surface area contributed by atoms with E-state index in [-0.39, 0.29) is 5.69 Å². The molecule has 4 nitrogen and oxygen atoms in total. The van der Waals surface area contributed by atoms with Crippen molar-refractivity contribution >= 4 is 22.6 Å². The number of para-hydroxylation sites is 1. The molecular formula is C24H25F3N2O2. The zero-order valence-electron chi connectivity index (χ0n) is 17.7. The van der Waals surface area contributed by atoms with Gasteiger partial charge in [-0.05, 0) is 56.2 Å². The van der Waals surface area contributed by atoms with E-state index in [1.54, 1.807) is 25.3 Å². The SMILES string of the molecule is C=CCOC(C)(C)Cc1cn(C(=O)Nc2cc(C)cc(C(F)(F)F)c2)c2ccccc12. The van der Waals surface area contributed by atoms with E-state index in [1.807, 2.05) is 32.0 Å². The number of nitrogens with zero attached hydrogens (tertiary/aromatic N) is 1. The van der Waals surface area contributed by atoms with Crippen LogP contribution in [0, 0.1) is 6.92 Å². The number of rotatable bonds is 6. The molecule has 0 aliphatic carbocycles. The topological polar surface area (TPSA) is 43.3 Å². The maximum Gasteiger partial charge on any atom is 0.416 e. The second-order valence-electron chi connectivity index (χ2n) is 8.09. The molecule has 0 unspecified atom stereocenters. The van der Waals surface area contributed by atoms with E-state index in [4.69, 9.17) is 4.74 Å². The Morgan fingerprint density at radius 1 is 1.19 bits per heavy atom. The van der Waals surface area contributed by atoms with Gasteiger partial charge in [0.25, 0.3) is 0 Å². The predicted molar refractivity (Wildman–Crippen MR) is 116 cm³/mol.